The number of pyridine rings is 1. The predicted molar refractivity (Wildman–Crippen MR) is 91.2 cm³/mol. The van der Waals surface area contributed by atoms with Crippen molar-refractivity contribution in [1.82, 2.24) is 15.2 Å². The van der Waals surface area contributed by atoms with Crippen molar-refractivity contribution in [2.75, 3.05) is 39.8 Å². The molecule has 23 heavy (non-hydrogen) atoms. The van der Waals surface area contributed by atoms with E-state index in [1.54, 1.807) is 6.07 Å². The number of ether oxygens (including phenoxy) is 1. The van der Waals surface area contributed by atoms with Gasteiger partial charge >= 0.3 is 0 Å². The highest BCUT2D eigenvalue weighted by Crippen LogP contribution is 2.25. The van der Waals surface area contributed by atoms with Gasteiger partial charge in [-0.05, 0) is 38.4 Å². The molecule has 2 N–H and O–H groups in total. The van der Waals surface area contributed by atoms with E-state index >= 15 is 0 Å². The maximum absolute atomic E-state index is 11.4. The molecule has 6 nitrogen and oxygen atoms in total. The Labute approximate surface area is 136 Å². The molecule has 126 valence electrons. The van der Waals surface area contributed by atoms with Gasteiger partial charge in [0.05, 0.1) is 12.6 Å². The molecule has 0 unspecified atom stereocenters. The van der Waals surface area contributed by atoms with Crippen molar-refractivity contribution in [1.29, 1.82) is 0 Å². The molecule has 0 amide bonds. The van der Waals surface area contributed by atoms with Gasteiger partial charge in [-0.1, -0.05) is 6.07 Å². The number of amidine groups is 1. The summed E-state index contributed by atoms with van der Waals surface area (Å²) in [5, 5.41) is 3.40. The lowest BCUT2D eigenvalue weighted by molar-refractivity contribution is -0.0461. The quantitative estimate of drug-likeness (QED) is 0.627. The van der Waals surface area contributed by atoms with Crippen LogP contribution in [0.15, 0.2) is 28.0 Å². The maximum Gasteiger partial charge on any atom is 0.248 e. The first-order valence-electron chi connectivity index (χ1n) is 8.47. The van der Waals surface area contributed by atoms with Crippen LogP contribution in [0.2, 0.25) is 0 Å². The van der Waals surface area contributed by atoms with E-state index in [0.717, 1.165) is 63.6 Å². The molecule has 2 aliphatic rings. The minimum Gasteiger partial charge on any atom is -0.376 e. The van der Waals surface area contributed by atoms with Crippen LogP contribution >= 0.6 is 0 Å². The van der Waals surface area contributed by atoms with Crippen LogP contribution in [0.1, 0.15) is 30.9 Å². The topological polar surface area (TPSA) is 69.7 Å². The zero-order valence-electron chi connectivity index (χ0n) is 13.8. The van der Waals surface area contributed by atoms with Crippen molar-refractivity contribution in [2.45, 2.75) is 31.3 Å². The van der Waals surface area contributed by atoms with Gasteiger partial charge in [0.1, 0.15) is 5.84 Å². The minimum atomic E-state index is -0.00672. The molecular weight excluding hydrogens is 292 g/mol. The molecular formula is C17H26N4O2. The van der Waals surface area contributed by atoms with E-state index in [1.165, 1.54) is 0 Å². The molecule has 0 saturated carbocycles. The second-order valence-corrected chi connectivity index (χ2v) is 6.35. The number of piperidine rings is 1. The summed E-state index contributed by atoms with van der Waals surface area (Å²) in [5.41, 5.74) is 1.06. The summed E-state index contributed by atoms with van der Waals surface area (Å²) in [5.74, 6) is 1.49. The van der Waals surface area contributed by atoms with E-state index < -0.39 is 0 Å². The normalized spacial score (nSPS) is 23.5. The van der Waals surface area contributed by atoms with E-state index in [4.69, 9.17) is 4.74 Å². The number of rotatable bonds is 5. The van der Waals surface area contributed by atoms with Crippen molar-refractivity contribution in [2.24, 2.45) is 4.99 Å². The Balaban J connectivity index is 1.45. The molecule has 0 spiro atoms. The van der Waals surface area contributed by atoms with Gasteiger partial charge in [-0.15, -0.1) is 0 Å². The van der Waals surface area contributed by atoms with Crippen LogP contribution in [-0.4, -0.2) is 61.7 Å². The average molecular weight is 318 g/mol. The Morgan fingerprint density at radius 1 is 1.39 bits per heavy atom. The zero-order valence-corrected chi connectivity index (χ0v) is 13.8. The third kappa shape index (κ3) is 4.42. The first kappa shape index (κ1) is 16.2. The van der Waals surface area contributed by atoms with Gasteiger partial charge in [-0.25, -0.2) is 0 Å². The molecule has 3 rings (SSSR count). The van der Waals surface area contributed by atoms with Crippen LogP contribution < -0.4 is 10.9 Å². The van der Waals surface area contributed by atoms with E-state index in [0.29, 0.717) is 12.0 Å². The van der Waals surface area contributed by atoms with Crippen molar-refractivity contribution in [3.63, 3.8) is 0 Å². The summed E-state index contributed by atoms with van der Waals surface area (Å²) in [6.07, 6.45) is 3.64. The number of aliphatic imine (C=N–C) groups is 1. The maximum atomic E-state index is 11.4. The van der Waals surface area contributed by atoms with Gasteiger partial charge in [-0.2, -0.15) is 0 Å². The fraction of sp³-hybridized carbons (Fsp3) is 0.647. The standard InChI is InChI=1S/C17H26N4O2/c1-18-16(19-11-14-7-10-23-14)12-21-8-5-13(6-9-21)15-3-2-4-17(22)20-15/h2-4,13-14H,5-12H2,1H3,(H,18,19)(H,20,22)/t14-/m0/s1. The Bertz CT molecular complexity index is 586. The van der Waals surface area contributed by atoms with Crippen molar-refractivity contribution in [3.8, 4) is 0 Å². The van der Waals surface area contributed by atoms with Crippen LogP contribution in [0, 0.1) is 0 Å². The highest BCUT2D eigenvalue weighted by molar-refractivity contribution is 5.84. The minimum absolute atomic E-state index is 0.00672. The van der Waals surface area contributed by atoms with Gasteiger partial charge in [-0.3, -0.25) is 14.7 Å². The molecule has 6 heteroatoms. The van der Waals surface area contributed by atoms with Gasteiger partial charge in [0.2, 0.25) is 5.56 Å². The van der Waals surface area contributed by atoms with E-state index in [2.05, 4.69) is 20.2 Å². The van der Waals surface area contributed by atoms with Gasteiger partial charge < -0.3 is 15.0 Å². The lowest BCUT2D eigenvalue weighted by atomic mass is 9.93. The predicted octanol–water partition coefficient (Wildman–Crippen LogP) is 0.961. The molecule has 1 aromatic heterocycles. The average Bonchev–Trinajstić information content (AvgIpc) is 2.53. The first-order valence-corrected chi connectivity index (χ1v) is 8.47. The number of hydrogen-bond acceptors (Lipinski definition) is 4. The number of H-pyrrole nitrogens is 1. The van der Waals surface area contributed by atoms with E-state index in [-0.39, 0.29) is 5.56 Å². The summed E-state index contributed by atoms with van der Waals surface area (Å²) < 4.78 is 5.43. The number of nitrogens with one attached hydrogen (secondary N) is 2. The fourth-order valence-corrected chi connectivity index (χ4v) is 3.20. The first-order chi connectivity index (χ1) is 11.2. The molecule has 0 aliphatic carbocycles. The highest BCUT2D eigenvalue weighted by atomic mass is 16.5. The Morgan fingerprint density at radius 2 is 2.17 bits per heavy atom. The van der Waals surface area contributed by atoms with Crippen LogP contribution in [0.25, 0.3) is 0 Å². The van der Waals surface area contributed by atoms with Crippen molar-refractivity contribution < 1.29 is 4.74 Å². The van der Waals surface area contributed by atoms with E-state index in [1.807, 2.05) is 19.2 Å². The fourth-order valence-electron chi connectivity index (χ4n) is 3.20. The molecule has 1 atom stereocenters. The number of hydrogen-bond donors (Lipinski definition) is 2. The number of likely N-dealkylation sites (tertiary alicyclic amines) is 1. The molecule has 1 aromatic rings. The molecule has 0 radical (unpaired) electrons. The molecule has 2 aliphatic heterocycles. The molecule has 0 bridgehead atoms. The lowest BCUT2D eigenvalue weighted by Crippen LogP contribution is -2.45. The Hall–Kier alpha value is -1.66. The van der Waals surface area contributed by atoms with Crippen LogP contribution in [-0.2, 0) is 4.74 Å². The molecule has 0 aromatic carbocycles. The Morgan fingerprint density at radius 3 is 2.78 bits per heavy atom. The number of aromatic nitrogens is 1. The second kappa shape index (κ2) is 7.75. The zero-order chi connectivity index (χ0) is 16.1. The molecule has 2 saturated heterocycles. The smallest absolute Gasteiger partial charge is 0.248 e. The number of nitrogens with zero attached hydrogens (tertiary/aromatic N) is 2. The van der Waals surface area contributed by atoms with Crippen molar-refractivity contribution >= 4 is 5.84 Å². The third-order valence-electron chi connectivity index (χ3n) is 4.79. The van der Waals surface area contributed by atoms with Crippen LogP contribution in [0.5, 0.6) is 0 Å². The summed E-state index contributed by atoms with van der Waals surface area (Å²) >= 11 is 0. The summed E-state index contributed by atoms with van der Waals surface area (Å²) in [7, 11) is 1.84. The van der Waals surface area contributed by atoms with Gasteiger partial charge in [0.25, 0.3) is 0 Å². The summed E-state index contributed by atoms with van der Waals surface area (Å²) in [4.78, 5) is 21.2. The highest BCUT2D eigenvalue weighted by Gasteiger charge is 2.23. The van der Waals surface area contributed by atoms with Crippen molar-refractivity contribution in [3.05, 3.63) is 34.2 Å². The second-order valence-electron chi connectivity index (χ2n) is 6.35. The summed E-state index contributed by atoms with van der Waals surface area (Å²) in [6.45, 7) is 4.67. The van der Waals surface area contributed by atoms with Crippen LogP contribution in [0.4, 0.5) is 0 Å². The Kier molecular flexibility index (Phi) is 5.46. The molecule has 2 fully saturated rings. The number of aromatic amines is 1. The van der Waals surface area contributed by atoms with E-state index in [9.17, 15) is 4.79 Å². The molecule has 3 heterocycles. The SMILES string of the molecule is CN=C(CN1CCC(c2cccc(=O)[nH]2)CC1)NC[C@@H]1CCO1. The monoisotopic (exact) mass is 318 g/mol. The van der Waals surface area contributed by atoms with Gasteiger partial charge in [0, 0.05) is 37.9 Å². The largest absolute Gasteiger partial charge is 0.376 e. The summed E-state index contributed by atoms with van der Waals surface area (Å²) in [6, 6.07) is 5.44. The third-order valence-corrected chi connectivity index (χ3v) is 4.79. The van der Waals surface area contributed by atoms with Crippen LogP contribution in [0.3, 0.4) is 0 Å². The van der Waals surface area contributed by atoms with Gasteiger partial charge in [0.15, 0.2) is 0 Å². The lowest BCUT2D eigenvalue weighted by Gasteiger charge is -2.33.